The number of nitrogens with two attached hydrogens (primary N) is 1. The molecule has 0 saturated carbocycles. The second-order valence-corrected chi connectivity index (χ2v) is 5.39. The number of piperidine rings is 1. The molecule has 1 saturated heterocycles. The highest BCUT2D eigenvalue weighted by Crippen LogP contribution is 2.13. The fourth-order valence-electron chi connectivity index (χ4n) is 2.54. The molecule has 1 fully saturated rings. The van der Waals surface area contributed by atoms with E-state index in [1.807, 2.05) is 23.1 Å². The summed E-state index contributed by atoms with van der Waals surface area (Å²) >= 11 is 0. The molecule has 1 aromatic carbocycles. The molecule has 2 rings (SSSR count). The molecule has 0 aromatic heterocycles. The highest BCUT2D eigenvalue weighted by atomic mass is 16.2. The van der Waals surface area contributed by atoms with Gasteiger partial charge in [0, 0.05) is 31.1 Å². The highest BCUT2D eigenvalue weighted by Gasteiger charge is 2.23. The van der Waals surface area contributed by atoms with Crippen LogP contribution in [0.5, 0.6) is 0 Å². The predicted octanol–water partition coefficient (Wildman–Crippen LogP) is 1.15. The van der Waals surface area contributed by atoms with Gasteiger partial charge in [0.2, 0.25) is 5.91 Å². The molecular formula is C16H23N3O2. The number of hydrogen-bond donors (Lipinski definition) is 2. The lowest BCUT2D eigenvalue weighted by Gasteiger charge is -2.32. The number of rotatable bonds is 5. The molecule has 3 N–H and O–H groups in total. The van der Waals surface area contributed by atoms with Crippen LogP contribution in [-0.2, 0) is 4.79 Å². The Morgan fingerprint density at radius 1 is 1.19 bits per heavy atom. The number of nitrogens with zero attached hydrogens (tertiary/aromatic N) is 1. The average molecular weight is 289 g/mol. The van der Waals surface area contributed by atoms with Crippen LogP contribution in [0.2, 0.25) is 0 Å². The van der Waals surface area contributed by atoms with Crippen molar-refractivity contribution in [3.8, 4) is 0 Å². The van der Waals surface area contributed by atoms with Crippen molar-refractivity contribution in [2.45, 2.75) is 31.7 Å². The van der Waals surface area contributed by atoms with Crippen LogP contribution in [0.1, 0.15) is 36.0 Å². The molecule has 0 spiro atoms. The molecule has 0 aliphatic carbocycles. The van der Waals surface area contributed by atoms with E-state index in [1.165, 1.54) is 0 Å². The molecule has 1 aliphatic rings. The molecule has 1 aromatic rings. The molecule has 0 radical (unpaired) electrons. The van der Waals surface area contributed by atoms with Gasteiger partial charge in [0.15, 0.2) is 0 Å². The number of benzene rings is 1. The topological polar surface area (TPSA) is 75.4 Å². The number of likely N-dealkylation sites (tertiary alicyclic amines) is 1. The van der Waals surface area contributed by atoms with Gasteiger partial charge in [0.25, 0.3) is 5.91 Å². The van der Waals surface area contributed by atoms with Crippen LogP contribution in [0.25, 0.3) is 0 Å². The monoisotopic (exact) mass is 289 g/mol. The lowest BCUT2D eigenvalue weighted by atomic mass is 10.0. The molecule has 0 bridgehead atoms. The van der Waals surface area contributed by atoms with Gasteiger partial charge in [-0.1, -0.05) is 18.2 Å². The second-order valence-electron chi connectivity index (χ2n) is 5.39. The van der Waals surface area contributed by atoms with Crippen molar-refractivity contribution < 1.29 is 9.59 Å². The van der Waals surface area contributed by atoms with Crippen LogP contribution < -0.4 is 11.1 Å². The summed E-state index contributed by atoms with van der Waals surface area (Å²) < 4.78 is 0. The van der Waals surface area contributed by atoms with Crippen LogP contribution in [0.3, 0.4) is 0 Å². The van der Waals surface area contributed by atoms with Crippen molar-refractivity contribution in [1.82, 2.24) is 10.2 Å². The van der Waals surface area contributed by atoms with E-state index in [-0.39, 0.29) is 17.9 Å². The van der Waals surface area contributed by atoms with Gasteiger partial charge >= 0.3 is 0 Å². The maximum atomic E-state index is 12.1. The largest absolute Gasteiger partial charge is 0.349 e. The Hall–Kier alpha value is -1.88. The maximum Gasteiger partial charge on any atom is 0.251 e. The summed E-state index contributed by atoms with van der Waals surface area (Å²) in [6.45, 7) is 1.97. The SMILES string of the molecule is NCCCC(=O)N1CCC(NC(=O)c2ccccc2)CC1. The van der Waals surface area contributed by atoms with Gasteiger partial charge in [-0.05, 0) is 37.9 Å². The van der Waals surface area contributed by atoms with Gasteiger partial charge < -0.3 is 16.0 Å². The predicted molar refractivity (Wildman–Crippen MR) is 81.8 cm³/mol. The summed E-state index contributed by atoms with van der Waals surface area (Å²) in [5.74, 6) is 0.136. The zero-order valence-electron chi connectivity index (χ0n) is 12.3. The van der Waals surface area contributed by atoms with Crippen molar-refractivity contribution in [1.29, 1.82) is 0 Å². The zero-order valence-corrected chi connectivity index (χ0v) is 12.3. The quantitative estimate of drug-likeness (QED) is 0.853. The van der Waals surface area contributed by atoms with Crippen LogP contribution in [0, 0.1) is 0 Å². The van der Waals surface area contributed by atoms with E-state index < -0.39 is 0 Å². The number of nitrogens with one attached hydrogen (secondary N) is 1. The van der Waals surface area contributed by atoms with Gasteiger partial charge in [0.05, 0.1) is 0 Å². The minimum Gasteiger partial charge on any atom is -0.349 e. The van der Waals surface area contributed by atoms with E-state index in [2.05, 4.69) is 5.32 Å². The van der Waals surface area contributed by atoms with Gasteiger partial charge in [-0.2, -0.15) is 0 Å². The first-order chi connectivity index (χ1) is 10.2. The third kappa shape index (κ3) is 4.56. The maximum absolute atomic E-state index is 12.1. The summed E-state index contributed by atoms with van der Waals surface area (Å²) in [5, 5.41) is 3.04. The first-order valence-corrected chi connectivity index (χ1v) is 7.54. The highest BCUT2D eigenvalue weighted by molar-refractivity contribution is 5.94. The molecule has 1 aliphatic heterocycles. The van der Waals surface area contributed by atoms with Crippen LogP contribution in [-0.4, -0.2) is 42.4 Å². The Morgan fingerprint density at radius 2 is 1.86 bits per heavy atom. The fraction of sp³-hybridized carbons (Fsp3) is 0.500. The Kier molecular flexibility index (Phi) is 5.75. The average Bonchev–Trinajstić information content (AvgIpc) is 2.54. The summed E-state index contributed by atoms with van der Waals surface area (Å²) in [5.41, 5.74) is 6.10. The normalized spacial score (nSPS) is 15.8. The van der Waals surface area contributed by atoms with Crippen molar-refractivity contribution in [2.75, 3.05) is 19.6 Å². The van der Waals surface area contributed by atoms with Gasteiger partial charge in [-0.3, -0.25) is 9.59 Å². The standard InChI is InChI=1S/C16H23N3O2/c17-10-4-7-15(20)19-11-8-14(9-12-19)18-16(21)13-5-2-1-3-6-13/h1-3,5-6,14H,4,7-12,17H2,(H,18,21). The third-order valence-corrected chi connectivity index (χ3v) is 3.81. The number of carbonyl (C=O) groups excluding carboxylic acids is 2. The first-order valence-electron chi connectivity index (χ1n) is 7.54. The Balaban J connectivity index is 1.77. The van der Waals surface area contributed by atoms with Gasteiger partial charge in [-0.15, -0.1) is 0 Å². The summed E-state index contributed by atoms with van der Waals surface area (Å²) in [6, 6.07) is 9.36. The summed E-state index contributed by atoms with van der Waals surface area (Å²) in [4.78, 5) is 25.8. The first kappa shape index (κ1) is 15.5. The van der Waals surface area contributed by atoms with Crippen molar-refractivity contribution in [3.05, 3.63) is 35.9 Å². The molecule has 21 heavy (non-hydrogen) atoms. The lowest BCUT2D eigenvalue weighted by Crippen LogP contribution is -2.46. The van der Waals surface area contributed by atoms with E-state index in [9.17, 15) is 9.59 Å². The molecule has 0 atom stereocenters. The van der Waals surface area contributed by atoms with E-state index in [1.54, 1.807) is 12.1 Å². The van der Waals surface area contributed by atoms with Gasteiger partial charge in [-0.25, -0.2) is 0 Å². The summed E-state index contributed by atoms with van der Waals surface area (Å²) in [7, 11) is 0. The van der Waals surface area contributed by atoms with Crippen LogP contribution >= 0.6 is 0 Å². The zero-order chi connectivity index (χ0) is 15.1. The lowest BCUT2D eigenvalue weighted by molar-refractivity contribution is -0.132. The van der Waals surface area contributed by atoms with E-state index in [0.29, 0.717) is 31.6 Å². The Bertz CT molecular complexity index is 468. The van der Waals surface area contributed by atoms with E-state index >= 15 is 0 Å². The minimum absolute atomic E-state index is 0.0384. The number of hydrogen-bond acceptors (Lipinski definition) is 3. The number of carbonyl (C=O) groups is 2. The molecule has 114 valence electrons. The molecule has 5 nitrogen and oxygen atoms in total. The van der Waals surface area contributed by atoms with Crippen molar-refractivity contribution >= 4 is 11.8 Å². The molecule has 1 heterocycles. The molecule has 0 unspecified atom stereocenters. The van der Waals surface area contributed by atoms with E-state index in [0.717, 1.165) is 19.3 Å². The summed E-state index contributed by atoms with van der Waals surface area (Å²) in [6.07, 6.45) is 2.89. The second kappa shape index (κ2) is 7.78. The molecule has 5 heteroatoms. The molecule has 2 amide bonds. The van der Waals surface area contributed by atoms with Crippen molar-refractivity contribution in [2.24, 2.45) is 5.73 Å². The number of amides is 2. The Morgan fingerprint density at radius 3 is 2.48 bits per heavy atom. The minimum atomic E-state index is -0.0384. The van der Waals surface area contributed by atoms with Crippen LogP contribution in [0.4, 0.5) is 0 Å². The fourth-order valence-corrected chi connectivity index (χ4v) is 2.54. The van der Waals surface area contributed by atoms with Crippen LogP contribution in [0.15, 0.2) is 30.3 Å². The van der Waals surface area contributed by atoms with E-state index in [4.69, 9.17) is 5.73 Å². The van der Waals surface area contributed by atoms with Crippen molar-refractivity contribution in [3.63, 3.8) is 0 Å². The smallest absolute Gasteiger partial charge is 0.251 e. The Labute approximate surface area is 125 Å². The molecular weight excluding hydrogens is 266 g/mol. The van der Waals surface area contributed by atoms with Gasteiger partial charge in [0.1, 0.15) is 0 Å². The third-order valence-electron chi connectivity index (χ3n) is 3.81.